The number of aryl methyl sites for hydroxylation is 1. The molecule has 2 aromatic heterocycles. The molecule has 4 aromatic rings. The van der Waals surface area contributed by atoms with Gasteiger partial charge in [-0.15, -0.1) is 10.2 Å². The number of benzene rings is 2. The van der Waals surface area contributed by atoms with Crippen molar-refractivity contribution in [2.45, 2.75) is 25.9 Å². The van der Waals surface area contributed by atoms with Crippen molar-refractivity contribution < 1.29 is 9.18 Å². The minimum Gasteiger partial charge on any atom is -0.310 e. The van der Waals surface area contributed by atoms with Crippen molar-refractivity contribution in [3.8, 4) is 17.4 Å². The topological polar surface area (TPSA) is 88.5 Å². The maximum absolute atomic E-state index is 13.4. The van der Waals surface area contributed by atoms with Gasteiger partial charge in [-0.1, -0.05) is 29.4 Å². The highest BCUT2D eigenvalue weighted by Gasteiger charge is 2.21. The summed E-state index contributed by atoms with van der Waals surface area (Å²) in [6.45, 7) is 5.58. The first-order valence-corrected chi connectivity index (χ1v) is 11.6. The number of rotatable bonds is 6. The highest BCUT2D eigenvalue weighted by atomic mass is 35.5. The quantitative estimate of drug-likeness (QED) is 0.363. The number of carbonyl (C=O) groups is 1. The van der Waals surface area contributed by atoms with Crippen LogP contribution < -0.4 is 5.32 Å². The van der Waals surface area contributed by atoms with E-state index in [0.717, 1.165) is 22.5 Å². The monoisotopic (exact) mass is 494 g/mol. The molecule has 7 nitrogen and oxygen atoms in total. The number of nitrogens with zero attached hydrogens (tertiary/aromatic N) is 5. The summed E-state index contributed by atoms with van der Waals surface area (Å²) in [7, 11) is 0. The molecule has 0 unspecified atom stereocenters. The Balaban J connectivity index is 1.57. The van der Waals surface area contributed by atoms with E-state index in [1.165, 1.54) is 23.9 Å². The zero-order chi connectivity index (χ0) is 24.4. The standard InChI is InChI=1S/C24H20ClFN6OS/c1-14-4-7-19(10-21(14)25)31-13-28-30-24(31)34-12-22(33)29-23-20(11-27)15(2)16(3)32(23)18-8-5-17(26)6-9-18/h4-10,13H,12H2,1-3H3,(H,29,33). The van der Waals surface area contributed by atoms with Gasteiger partial charge in [-0.2, -0.15) is 5.26 Å². The minimum absolute atomic E-state index is 0.0375. The van der Waals surface area contributed by atoms with E-state index < -0.39 is 0 Å². The molecule has 0 aliphatic rings. The number of anilines is 1. The Morgan fingerprint density at radius 1 is 1.18 bits per heavy atom. The number of thioether (sulfide) groups is 1. The zero-order valence-corrected chi connectivity index (χ0v) is 20.2. The first kappa shape index (κ1) is 23.5. The fourth-order valence-corrected chi connectivity index (χ4v) is 4.41. The molecule has 0 radical (unpaired) electrons. The van der Waals surface area contributed by atoms with Gasteiger partial charge in [0.2, 0.25) is 5.91 Å². The lowest BCUT2D eigenvalue weighted by molar-refractivity contribution is -0.113. The van der Waals surface area contributed by atoms with E-state index in [2.05, 4.69) is 21.6 Å². The number of halogens is 2. The lowest BCUT2D eigenvalue weighted by Gasteiger charge is -2.13. The van der Waals surface area contributed by atoms with Crippen LogP contribution in [0.4, 0.5) is 10.2 Å². The van der Waals surface area contributed by atoms with Gasteiger partial charge in [-0.05, 0) is 68.3 Å². The summed E-state index contributed by atoms with van der Waals surface area (Å²) in [5.74, 6) is -0.303. The number of amides is 1. The van der Waals surface area contributed by atoms with Gasteiger partial charge in [0.1, 0.15) is 24.0 Å². The number of aromatic nitrogens is 4. The van der Waals surface area contributed by atoms with E-state index in [4.69, 9.17) is 11.6 Å². The van der Waals surface area contributed by atoms with E-state index in [0.29, 0.717) is 27.2 Å². The van der Waals surface area contributed by atoms with Crippen LogP contribution in [0.3, 0.4) is 0 Å². The molecule has 0 aliphatic carbocycles. The van der Waals surface area contributed by atoms with Crippen molar-refractivity contribution in [3.63, 3.8) is 0 Å². The maximum atomic E-state index is 13.4. The molecule has 2 aromatic carbocycles. The predicted molar refractivity (Wildman–Crippen MR) is 130 cm³/mol. The van der Waals surface area contributed by atoms with Crippen LogP contribution in [-0.4, -0.2) is 31.0 Å². The Morgan fingerprint density at radius 2 is 1.88 bits per heavy atom. The third-order valence-electron chi connectivity index (χ3n) is 5.45. The summed E-state index contributed by atoms with van der Waals surface area (Å²) in [4.78, 5) is 12.9. The van der Waals surface area contributed by atoms with Crippen molar-refractivity contribution in [3.05, 3.63) is 82.0 Å². The van der Waals surface area contributed by atoms with Crippen LogP contribution in [0, 0.1) is 37.9 Å². The molecule has 4 rings (SSSR count). The second-order valence-electron chi connectivity index (χ2n) is 7.61. The van der Waals surface area contributed by atoms with Gasteiger partial charge in [0.25, 0.3) is 0 Å². The Hall–Kier alpha value is -3.61. The SMILES string of the molecule is Cc1ccc(-n2cnnc2SCC(=O)Nc2c(C#N)c(C)c(C)n2-c2ccc(F)cc2)cc1Cl. The molecule has 1 amide bonds. The molecule has 1 N–H and O–H groups in total. The van der Waals surface area contributed by atoms with Crippen LogP contribution in [0.2, 0.25) is 5.02 Å². The van der Waals surface area contributed by atoms with Crippen molar-refractivity contribution in [1.29, 1.82) is 5.26 Å². The molecule has 10 heteroatoms. The highest BCUT2D eigenvalue weighted by Crippen LogP contribution is 2.30. The number of carbonyl (C=O) groups excluding carboxylic acids is 1. The second-order valence-corrected chi connectivity index (χ2v) is 8.96. The second kappa shape index (κ2) is 9.71. The van der Waals surface area contributed by atoms with Crippen LogP contribution in [0.1, 0.15) is 22.4 Å². The number of nitrogens with one attached hydrogen (secondary N) is 1. The third-order valence-corrected chi connectivity index (χ3v) is 6.80. The minimum atomic E-state index is -0.369. The Bertz CT molecular complexity index is 1420. The first-order valence-electron chi connectivity index (χ1n) is 10.3. The number of nitriles is 1. The highest BCUT2D eigenvalue weighted by molar-refractivity contribution is 7.99. The third kappa shape index (κ3) is 4.55. The van der Waals surface area contributed by atoms with Crippen LogP contribution in [0.5, 0.6) is 0 Å². The van der Waals surface area contributed by atoms with Gasteiger partial charge < -0.3 is 5.32 Å². The maximum Gasteiger partial charge on any atom is 0.236 e. The van der Waals surface area contributed by atoms with Gasteiger partial charge in [0.05, 0.1) is 17.0 Å². The molecule has 2 heterocycles. The summed E-state index contributed by atoms with van der Waals surface area (Å²) in [5.41, 5.74) is 4.26. The van der Waals surface area contributed by atoms with Crippen LogP contribution in [-0.2, 0) is 4.79 Å². The molecular formula is C24H20ClFN6OS. The smallest absolute Gasteiger partial charge is 0.236 e. The van der Waals surface area contributed by atoms with Crippen molar-refractivity contribution >= 4 is 35.1 Å². The van der Waals surface area contributed by atoms with Crippen LogP contribution in [0.15, 0.2) is 53.9 Å². The largest absolute Gasteiger partial charge is 0.310 e. The summed E-state index contributed by atoms with van der Waals surface area (Å²) in [5, 5.41) is 21.8. The van der Waals surface area contributed by atoms with Gasteiger partial charge in [0.15, 0.2) is 5.16 Å². The van der Waals surface area contributed by atoms with E-state index in [9.17, 15) is 14.4 Å². The average Bonchev–Trinajstić information content (AvgIpc) is 3.38. The van der Waals surface area contributed by atoms with Crippen molar-refractivity contribution in [2.24, 2.45) is 0 Å². The first-order chi connectivity index (χ1) is 16.3. The Morgan fingerprint density at radius 3 is 2.56 bits per heavy atom. The van der Waals surface area contributed by atoms with Crippen LogP contribution >= 0.6 is 23.4 Å². The number of hydrogen-bond acceptors (Lipinski definition) is 5. The molecule has 172 valence electrons. The van der Waals surface area contributed by atoms with Gasteiger partial charge in [-0.3, -0.25) is 13.9 Å². The van der Waals surface area contributed by atoms with Gasteiger partial charge >= 0.3 is 0 Å². The zero-order valence-electron chi connectivity index (χ0n) is 18.6. The van der Waals surface area contributed by atoms with Gasteiger partial charge in [-0.25, -0.2) is 4.39 Å². The number of hydrogen-bond donors (Lipinski definition) is 1. The predicted octanol–water partition coefficient (Wildman–Crippen LogP) is 5.38. The van der Waals surface area contributed by atoms with Crippen LogP contribution in [0.25, 0.3) is 11.4 Å². The van der Waals surface area contributed by atoms with Crippen molar-refractivity contribution in [1.82, 2.24) is 19.3 Å². The Kier molecular flexibility index (Phi) is 6.72. The summed E-state index contributed by atoms with van der Waals surface area (Å²) >= 11 is 7.45. The molecule has 0 bridgehead atoms. The summed E-state index contributed by atoms with van der Waals surface area (Å²) < 4.78 is 16.9. The molecule has 0 spiro atoms. The fraction of sp³-hybridized carbons (Fsp3) is 0.167. The lowest BCUT2D eigenvalue weighted by atomic mass is 10.2. The van der Waals surface area contributed by atoms with Crippen molar-refractivity contribution in [2.75, 3.05) is 11.1 Å². The summed E-state index contributed by atoms with van der Waals surface area (Å²) in [6, 6.07) is 13.6. The molecule has 34 heavy (non-hydrogen) atoms. The molecular weight excluding hydrogens is 475 g/mol. The Labute approximate surface area is 205 Å². The fourth-order valence-electron chi connectivity index (χ4n) is 3.50. The molecule has 0 aliphatic heterocycles. The molecule has 0 fully saturated rings. The molecule has 0 saturated heterocycles. The lowest BCUT2D eigenvalue weighted by Crippen LogP contribution is -2.18. The van der Waals surface area contributed by atoms with E-state index in [1.54, 1.807) is 27.6 Å². The normalized spacial score (nSPS) is 10.8. The van der Waals surface area contributed by atoms with E-state index >= 15 is 0 Å². The molecule has 0 saturated carbocycles. The average molecular weight is 495 g/mol. The van der Waals surface area contributed by atoms with Gasteiger partial charge in [0, 0.05) is 16.4 Å². The van der Waals surface area contributed by atoms with E-state index in [-0.39, 0.29) is 17.5 Å². The summed E-state index contributed by atoms with van der Waals surface area (Å²) in [6.07, 6.45) is 1.56. The molecule has 0 atom stereocenters. The van der Waals surface area contributed by atoms with E-state index in [1.807, 2.05) is 39.0 Å².